The Kier molecular flexibility index (Phi) is 6.03. The zero-order valence-electron chi connectivity index (χ0n) is 12.7. The van der Waals surface area contributed by atoms with E-state index in [4.69, 9.17) is 17.3 Å². The second kappa shape index (κ2) is 7.09. The molecule has 0 spiro atoms. The highest BCUT2D eigenvalue weighted by Crippen LogP contribution is 2.21. The van der Waals surface area contributed by atoms with Crippen LogP contribution in [0.3, 0.4) is 0 Å². The van der Waals surface area contributed by atoms with Gasteiger partial charge in [-0.3, -0.25) is 4.79 Å². The first-order chi connectivity index (χ1) is 9.17. The number of carbonyl (C=O) groups excluding carboxylic acids is 1. The summed E-state index contributed by atoms with van der Waals surface area (Å²) in [7, 11) is 0. The van der Waals surface area contributed by atoms with Crippen LogP contribution in [0.15, 0.2) is 24.3 Å². The number of rotatable bonds is 5. The van der Waals surface area contributed by atoms with Crippen LogP contribution in [0.1, 0.15) is 52.1 Å². The molecule has 112 valence electrons. The molecule has 0 aliphatic carbocycles. The van der Waals surface area contributed by atoms with E-state index in [-0.39, 0.29) is 23.4 Å². The van der Waals surface area contributed by atoms with Gasteiger partial charge >= 0.3 is 0 Å². The predicted octanol–water partition coefficient (Wildman–Crippen LogP) is 3.67. The molecule has 0 aromatic heterocycles. The maximum Gasteiger partial charge on any atom is 0.222 e. The highest BCUT2D eigenvalue weighted by molar-refractivity contribution is 6.30. The van der Waals surface area contributed by atoms with Crippen molar-refractivity contribution in [3.63, 3.8) is 0 Å². The molecule has 1 unspecified atom stereocenters. The van der Waals surface area contributed by atoms with Crippen molar-refractivity contribution >= 4 is 17.5 Å². The van der Waals surface area contributed by atoms with Crippen LogP contribution < -0.4 is 11.1 Å². The van der Waals surface area contributed by atoms with Crippen LogP contribution in [-0.2, 0) is 4.79 Å². The third-order valence-electron chi connectivity index (χ3n) is 3.07. The van der Waals surface area contributed by atoms with Gasteiger partial charge in [-0.25, -0.2) is 0 Å². The van der Waals surface area contributed by atoms with Crippen LogP contribution in [0.4, 0.5) is 0 Å². The average molecular weight is 297 g/mol. The fourth-order valence-corrected chi connectivity index (χ4v) is 2.36. The van der Waals surface area contributed by atoms with E-state index < -0.39 is 0 Å². The number of nitrogens with two attached hydrogens (primary N) is 1. The number of benzene rings is 1. The summed E-state index contributed by atoms with van der Waals surface area (Å²) in [5.41, 5.74) is 7.19. The van der Waals surface area contributed by atoms with Gasteiger partial charge in [-0.2, -0.15) is 0 Å². The molecular weight excluding hydrogens is 272 g/mol. The Balaban J connectivity index is 2.47. The second-order valence-corrected chi connectivity index (χ2v) is 7.01. The summed E-state index contributed by atoms with van der Waals surface area (Å²) in [6, 6.07) is 7.34. The van der Waals surface area contributed by atoms with Crippen molar-refractivity contribution in [1.82, 2.24) is 5.32 Å². The van der Waals surface area contributed by atoms with E-state index in [1.807, 2.05) is 31.2 Å². The van der Waals surface area contributed by atoms with Crippen LogP contribution in [0.25, 0.3) is 0 Å². The number of nitrogens with one attached hydrogen (secondary N) is 1. The maximum absolute atomic E-state index is 12.0. The molecule has 0 saturated heterocycles. The minimum atomic E-state index is -0.104. The lowest BCUT2D eigenvalue weighted by atomic mass is 9.87. The minimum absolute atomic E-state index is 0.0100. The van der Waals surface area contributed by atoms with Gasteiger partial charge in [0, 0.05) is 17.5 Å². The molecule has 1 aromatic carbocycles. The third kappa shape index (κ3) is 6.40. The average Bonchev–Trinajstić information content (AvgIpc) is 2.26. The Hall–Kier alpha value is -1.06. The molecule has 3 N–H and O–H groups in total. The predicted molar refractivity (Wildman–Crippen MR) is 84.7 cm³/mol. The summed E-state index contributed by atoms with van der Waals surface area (Å²) < 4.78 is 0. The fourth-order valence-electron chi connectivity index (χ4n) is 2.23. The molecule has 1 amide bonds. The first-order valence-electron chi connectivity index (χ1n) is 6.98. The number of hydrogen-bond acceptors (Lipinski definition) is 2. The van der Waals surface area contributed by atoms with Crippen molar-refractivity contribution in [2.45, 2.75) is 52.6 Å². The molecule has 3 nitrogen and oxygen atoms in total. The van der Waals surface area contributed by atoms with Crippen molar-refractivity contribution in [3.8, 4) is 0 Å². The van der Waals surface area contributed by atoms with Gasteiger partial charge in [0.15, 0.2) is 0 Å². The van der Waals surface area contributed by atoms with Crippen LogP contribution >= 0.6 is 11.6 Å². The van der Waals surface area contributed by atoms with Gasteiger partial charge < -0.3 is 11.1 Å². The summed E-state index contributed by atoms with van der Waals surface area (Å²) in [6.45, 7) is 8.33. The van der Waals surface area contributed by atoms with E-state index in [1.54, 1.807) is 0 Å². The maximum atomic E-state index is 12.0. The molecule has 0 fully saturated rings. The van der Waals surface area contributed by atoms with E-state index in [9.17, 15) is 4.79 Å². The van der Waals surface area contributed by atoms with Crippen LogP contribution in [-0.4, -0.2) is 11.9 Å². The highest BCUT2D eigenvalue weighted by Gasteiger charge is 2.19. The zero-order valence-corrected chi connectivity index (χ0v) is 13.5. The molecule has 2 atom stereocenters. The Labute approximate surface area is 126 Å². The molecule has 0 radical (unpaired) electrons. The summed E-state index contributed by atoms with van der Waals surface area (Å²) in [5, 5.41) is 3.66. The molecule has 4 heteroatoms. The topological polar surface area (TPSA) is 55.1 Å². The lowest BCUT2D eigenvalue weighted by Crippen LogP contribution is -2.35. The summed E-state index contributed by atoms with van der Waals surface area (Å²) in [4.78, 5) is 12.0. The van der Waals surface area contributed by atoms with Crippen molar-refractivity contribution in [2.24, 2.45) is 11.1 Å². The second-order valence-electron chi connectivity index (χ2n) is 6.57. The first kappa shape index (κ1) is 17.0. The van der Waals surface area contributed by atoms with E-state index in [0.717, 1.165) is 12.0 Å². The Morgan fingerprint density at radius 3 is 2.35 bits per heavy atom. The highest BCUT2D eigenvalue weighted by atomic mass is 35.5. The van der Waals surface area contributed by atoms with Crippen molar-refractivity contribution < 1.29 is 4.79 Å². The lowest BCUT2D eigenvalue weighted by Gasteiger charge is -2.23. The molecule has 0 heterocycles. The normalized spacial score (nSPS) is 14.7. The van der Waals surface area contributed by atoms with Crippen LogP contribution in [0.5, 0.6) is 0 Å². The Morgan fingerprint density at radius 2 is 1.85 bits per heavy atom. The minimum Gasteiger partial charge on any atom is -0.350 e. The molecular formula is C16H25ClN2O. The standard InChI is InChI=1S/C16H25ClN2O/c1-11(12-5-7-13(17)8-6-12)19-15(20)9-14(18)10-16(2,3)4/h5-8,11,14H,9-10,18H2,1-4H3,(H,19,20)/t11-,14?/m0/s1. The number of carbonyl (C=O) groups is 1. The molecule has 1 rings (SSSR count). The Morgan fingerprint density at radius 1 is 1.30 bits per heavy atom. The van der Waals surface area contributed by atoms with Gasteiger partial charge in [0.2, 0.25) is 5.91 Å². The van der Waals surface area contributed by atoms with Gasteiger partial charge in [0.25, 0.3) is 0 Å². The van der Waals surface area contributed by atoms with E-state index in [0.29, 0.717) is 11.4 Å². The molecule has 1 aromatic rings. The third-order valence-corrected chi connectivity index (χ3v) is 3.32. The fraction of sp³-hybridized carbons (Fsp3) is 0.562. The summed E-state index contributed by atoms with van der Waals surface area (Å²) >= 11 is 5.85. The molecule has 0 bridgehead atoms. The van der Waals surface area contributed by atoms with Crippen molar-refractivity contribution in [2.75, 3.05) is 0 Å². The number of hydrogen-bond donors (Lipinski definition) is 2. The van der Waals surface area contributed by atoms with Crippen molar-refractivity contribution in [1.29, 1.82) is 0 Å². The largest absolute Gasteiger partial charge is 0.350 e. The van der Waals surface area contributed by atoms with Gasteiger partial charge in [-0.15, -0.1) is 0 Å². The quantitative estimate of drug-likeness (QED) is 0.871. The van der Waals surface area contributed by atoms with E-state index >= 15 is 0 Å². The monoisotopic (exact) mass is 296 g/mol. The number of amides is 1. The van der Waals surface area contributed by atoms with Gasteiger partial charge in [0.05, 0.1) is 6.04 Å². The zero-order chi connectivity index (χ0) is 15.3. The van der Waals surface area contributed by atoms with E-state index in [1.165, 1.54) is 0 Å². The summed E-state index contributed by atoms with van der Waals surface area (Å²) in [5.74, 6) is -0.0100. The molecule has 20 heavy (non-hydrogen) atoms. The summed E-state index contributed by atoms with van der Waals surface area (Å²) in [6.07, 6.45) is 1.19. The van der Waals surface area contributed by atoms with Gasteiger partial charge in [-0.1, -0.05) is 44.5 Å². The molecule has 0 saturated carbocycles. The SMILES string of the molecule is C[C@H](NC(=O)CC(N)CC(C)(C)C)c1ccc(Cl)cc1. The molecule has 0 aliphatic heterocycles. The van der Waals surface area contributed by atoms with Crippen LogP contribution in [0, 0.1) is 5.41 Å². The number of halogens is 1. The van der Waals surface area contributed by atoms with Crippen molar-refractivity contribution in [3.05, 3.63) is 34.9 Å². The first-order valence-corrected chi connectivity index (χ1v) is 7.35. The molecule has 0 aliphatic rings. The Bertz CT molecular complexity index is 437. The smallest absolute Gasteiger partial charge is 0.222 e. The van der Waals surface area contributed by atoms with Gasteiger partial charge in [-0.05, 0) is 36.5 Å². The van der Waals surface area contributed by atoms with E-state index in [2.05, 4.69) is 26.1 Å². The van der Waals surface area contributed by atoms with Crippen LogP contribution in [0.2, 0.25) is 5.02 Å². The van der Waals surface area contributed by atoms with Gasteiger partial charge in [0.1, 0.15) is 0 Å². The lowest BCUT2D eigenvalue weighted by molar-refractivity contribution is -0.122.